The third kappa shape index (κ3) is 3.71. The summed E-state index contributed by atoms with van der Waals surface area (Å²) in [6.07, 6.45) is 1.63. The lowest BCUT2D eigenvalue weighted by Crippen LogP contribution is -2.39. The Morgan fingerprint density at radius 3 is 2.77 bits per heavy atom. The number of hydrogen-bond donors (Lipinski definition) is 2. The summed E-state index contributed by atoms with van der Waals surface area (Å²) in [6.45, 7) is 5.07. The lowest BCUT2D eigenvalue weighted by atomic mass is 10.1. The van der Waals surface area contributed by atoms with E-state index in [2.05, 4.69) is 30.2 Å². The highest BCUT2D eigenvalue weighted by molar-refractivity contribution is 5.73. The van der Waals surface area contributed by atoms with Crippen molar-refractivity contribution in [2.75, 3.05) is 44.7 Å². The Kier molecular flexibility index (Phi) is 4.85. The zero-order valence-electron chi connectivity index (χ0n) is 14.3. The van der Waals surface area contributed by atoms with Crippen LogP contribution in [0.25, 0.3) is 22.4 Å². The first-order chi connectivity index (χ1) is 12.8. The molecule has 8 heteroatoms. The fourth-order valence-corrected chi connectivity index (χ4v) is 2.91. The van der Waals surface area contributed by atoms with Crippen molar-refractivity contribution in [1.29, 1.82) is 0 Å². The molecule has 1 aromatic carbocycles. The van der Waals surface area contributed by atoms with Crippen molar-refractivity contribution < 1.29 is 4.74 Å². The van der Waals surface area contributed by atoms with Gasteiger partial charge in [0, 0.05) is 31.7 Å². The molecule has 0 aliphatic carbocycles. The first-order valence-electron chi connectivity index (χ1n) is 8.66. The standard InChI is InChI=1S/C18H20N6O2/c25-17-15(13-4-2-1-3-5-13)21-14-12-20-18(23-16(14)22-17)19-6-7-24-8-10-26-11-9-24/h1-5,12H,6-11H2,(H2,19,20,22,23,25). The van der Waals surface area contributed by atoms with Crippen molar-refractivity contribution in [3.63, 3.8) is 0 Å². The van der Waals surface area contributed by atoms with Crippen LogP contribution in [0.4, 0.5) is 5.95 Å². The molecule has 1 aliphatic heterocycles. The van der Waals surface area contributed by atoms with Crippen molar-refractivity contribution in [1.82, 2.24) is 24.8 Å². The van der Waals surface area contributed by atoms with Gasteiger partial charge in [-0.3, -0.25) is 9.69 Å². The lowest BCUT2D eigenvalue weighted by Gasteiger charge is -2.26. The fraction of sp³-hybridized carbons (Fsp3) is 0.333. The fourth-order valence-electron chi connectivity index (χ4n) is 2.91. The molecule has 1 saturated heterocycles. The van der Waals surface area contributed by atoms with Gasteiger partial charge in [-0.2, -0.15) is 4.98 Å². The Labute approximate surface area is 150 Å². The monoisotopic (exact) mass is 352 g/mol. The molecule has 4 rings (SSSR count). The van der Waals surface area contributed by atoms with Crippen molar-refractivity contribution >= 4 is 17.1 Å². The van der Waals surface area contributed by atoms with Crippen LogP contribution in [0.1, 0.15) is 0 Å². The van der Waals surface area contributed by atoms with E-state index in [1.54, 1.807) is 6.20 Å². The minimum absolute atomic E-state index is 0.262. The number of rotatable bonds is 5. The van der Waals surface area contributed by atoms with Gasteiger partial charge in [0.25, 0.3) is 5.56 Å². The van der Waals surface area contributed by atoms with Gasteiger partial charge in [0.2, 0.25) is 5.95 Å². The van der Waals surface area contributed by atoms with Gasteiger partial charge in [-0.25, -0.2) is 9.97 Å². The highest BCUT2D eigenvalue weighted by Crippen LogP contribution is 2.14. The summed E-state index contributed by atoms with van der Waals surface area (Å²) in [5.74, 6) is 0.482. The molecule has 8 nitrogen and oxygen atoms in total. The first kappa shape index (κ1) is 16.6. The van der Waals surface area contributed by atoms with E-state index in [1.165, 1.54) is 0 Å². The average Bonchev–Trinajstić information content (AvgIpc) is 2.69. The maximum atomic E-state index is 12.3. The number of anilines is 1. The zero-order chi connectivity index (χ0) is 17.8. The molecule has 0 bridgehead atoms. The number of nitrogens with zero attached hydrogens (tertiary/aromatic N) is 4. The van der Waals surface area contributed by atoms with Gasteiger partial charge < -0.3 is 15.0 Å². The zero-order valence-corrected chi connectivity index (χ0v) is 14.3. The van der Waals surface area contributed by atoms with Crippen LogP contribution in [-0.4, -0.2) is 64.2 Å². The largest absolute Gasteiger partial charge is 0.379 e. The van der Waals surface area contributed by atoms with E-state index in [9.17, 15) is 4.79 Å². The van der Waals surface area contributed by atoms with Crippen LogP contribution in [0.15, 0.2) is 41.3 Å². The number of morpholine rings is 1. The average molecular weight is 352 g/mol. The van der Waals surface area contributed by atoms with E-state index in [0.29, 0.717) is 22.8 Å². The van der Waals surface area contributed by atoms with Gasteiger partial charge in [-0.15, -0.1) is 0 Å². The second-order valence-electron chi connectivity index (χ2n) is 6.09. The number of ether oxygens (including phenoxy) is 1. The van der Waals surface area contributed by atoms with Gasteiger partial charge in [0.05, 0.1) is 19.4 Å². The molecule has 0 radical (unpaired) electrons. The molecule has 1 fully saturated rings. The molecular weight excluding hydrogens is 332 g/mol. The van der Waals surface area contributed by atoms with Crippen LogP contribution >= 0.6 is 0 Å². The Hall–Kier alpha value is -2.84. The molecule has 26 heavy (non-hydrogen) atoms. The number of aromatic nitrogens is 4. The van der Waals surface area contributed by atoms with E-state index in [0.717, 1.165) is 45.0 Å². The maximum absolute atomic E-state index is 12.3. The summed E-state index contributed by atoms with van der Waals surface area (Å²) in [7, 11) is 0. The van der Waals surface area contributed by atoms with Gasteiger partial charge in [0.15, 0.2) is 5.65 Å². The Balaban J connectivity index is 1.49. The summed E-state index contributed by atoms with van der Waals surface area (Å²) in [6, 6.07) is 9.35. The Bertz CT molecular complexity index is 937. The van der Waals surface area contributed by atoms with E-state index in [4.69, 9.17) is 4.74 Å². The van der Waals surface area contributed by atoms with Crippen molar-refractivity contribution in [2.24, 2.45) is 0 Å². The molecule has 0 unspecified atom stereocenters. The Morgan fingerprint density at radius 2 is 1.96 bits per heavy atom. The molecule has 134 valence electrons. The summed E-state index contributed by atoms with van der Waals surface area (Å²) in [5.41, 5.74) is 1.86. The van der Waals surface area contributed by atoms with E-state index < -0.39 is 0 Å². The smallest absolute Gasteiger partial charge is 0.276 e. The van der Waals surface area contributed by atoms with Crippen LogP contribution < -0.4 is 10.9 Å². The molecule has 2 N–H and O–H groups in total. The minimum atomic E-state index is -0.262. The summed E-state index contributed by atoms with van der Waals surface area (Å²) < 4.78 is 5.34. The van der Waals surface area contributed by atoms with Crippen molar-refractivity contribution in [3.05, 3.63) is 46.9 Å². The van der Waals surface area contributed by atoms with E-state index >= 15 is 0 Å². The van der Waals surface area contributed by atoms with Crippen LogP contribution in [-0.2, 0) is 4.74 Å². The first-order valence-corrected chi connectivity index (χ1v) is 8.66. The molecule has 0 spiro atoms. The normalized spacial score (nSPS) is 15.2. The van der Waals surface area contributed by atoms with Crippen LogP contribution in [0.3, 0.4) is 0 Å². The number of H-pyrrole nitrogens is 1. The van der Waals surface area contributed by atoms with E-state index in [1.807, 2.05) is 30.3 Å². The van der Waals surface area contributed by atoms with Gasteiger partial charge in [-0.05, 0) is 0 Å². The van der Waals surface area contributed by atoms with Crippen LogP contribution in [0.2, 0.25) is 0 Å². The number of nitrogens with one attached hydrogen (secondary N) is 2. The van der Waals surface area contributed by atoms with Crippen molar-refractivity contribution in [2.45, 2.75) is 0 Å². The molecule has 0 amide bonds. The third-order valence-electron chi connectivity index (χ3n) is 4.31. The number of aromatic amines is 1. The summed E-state index contributed by atoms with van der Waals surface area (Å²) in [5, 5.41) is 3.20. The summed E-state index contributed by atoms with van der Waals surface area (Å²) >= 11 is 0. The maximum Gasteiger partial charge on any atom is 0.276 e. The van der Waals surface area contributed by atoms with Gasteiger partial charge in [0.1, 0.15) is 11.2 Å². The third-order valence-corrected chi connectivity index (χ3v) is 4.31. The quantitative estimate of drug-likeness (QED) is 0.710. The molecule has 1 aliphatic rings. The van der Waals surface area contributed by atoms with Crippen LogP contribution in [0.5, 0.6) is 0 Å². The predicted molar refractivity (Wildman–Crippen MR) is 99.1 cm³/mol. The van der Waals surface area contributed by atoms with Gasteiger partial charge >= 0.3 is 0 Å². The van der Waals surface area contributed by atoms with Gasteiger partial charge in [-0.1, -0.05) is 30.3 Å². The second kappa shape index (κ2) is 7.59. The van der Waals surface area contributed by atoms with Crippen molar-refractivity contribution in [3.8, 4) is 11.3 Å². The second-order valence-corrected chi connectivity index (χ2v) is 6.09. The highest BCUT2D eigenvalue weighted by Gasteiger charge is 2.11. The number of benzene rings is 1. The lowest BCUT2D eigenvalue weighted by molar-refractivity contribution is 0.0398. The highest BCUT2D eigenvalue weighted by atomic mass is 16.5. The molecule has 2 aromatic heterocycles. The SMILES string of the molecule is O=c1[nH]c2nc(NCCN3CCOCC3)ncc2nc1-c1ccccc1. The minimum Gasteiger partial charge on any atom is -0.379 e. The molecule has 3 heterocycles. The van der Waals surface area contributed by atoms with Crippen LogP contribution in [0, 0.1) is 0 Å². The molecular formula is C18H20N6O2. The molecule has 0 atom stereocenters. The number of hydrogen-bond acceptors (Lipinski definition) is 7. The summed E-state index contributed by atoms with van der Waals surface area (Å²) in [4.78, 5) is 30.6. The van der Waals surface area contributed by atoms with E-state index in [-0.39, 0.29) is 5.56 Å². The predicted octanol–water partition coefficient (Wildman–Crippen LogP) is 1.12. The topological polar surface area (TPSA) is 96.0 Å². The Morgan fingerprint density at radius 1 is 1.15 bits per heavy atom. The molecule has 3 aromatic rings. The molecule has 0 saturated carbocycles. The number of fused-ring (bicyclic) bond motifs is 1.